The van der Waals surface area contributed by atoms with Crippen LogP contribution in [0.1, 0.15) is 42.0 Å². The number of rotatable bonds is 7. The Hall–Kier alpha value is -3.91. The van der Waals surface area contributed by atoms with Crippen molar-refractivity contribution in [3.05, 3.63) is 83.7 Å². The van der Waals surface area contributed by atoms with E-state index in [4.69, 9.17) is 19.9 Å². The molecule has 0 unspecified atom stereocenters. The normalized spacial score (nSPS) is 15.4. The summed E-state index contributed by atoms with van der Waals surface area (Å²) in [6.45, 7) is 4.42. The number of fused-ring (bicyclic) bond motifs is 2. The zero-order valence-corrected chi connectivity index (χ0v) is 23.3. The first kappa shape index (κ1) is 25.1. The fourth-order valence-corrected chi connectivity index (χ4v) is 6.54. The maximum atomic E-state index is 5.99. The van der Waals surface area contributed by atoms with E-state index in [0.717, 1.165) is 78.8 Å². The molecule has 2 aromatic carbocycles. The van der Waals surface area contributed by atoms with E-state index in [-0.39, 0.29) is 6.85 Å². The van der Waals surface area contributed by atoms with Crippen molar-refractivity contribution in [2.75, 3.05) is 20.2 Å². The summed E-state index contributed by atoms with van der Waals surface area (Å²) in [5.74, 6) is 0.790. The van der Waals surface area contributed by atoms with E-state index in [0.29, 0.717) is 6.04 Å². The number of pyridine rings is 1. The highest BCUT2D eigenvalue weighted by molar-refractivity contribution is 6.56. The Morgan fingerprint density at radius 1 is 1.02 bits per heavy atom. The van der Waals surface area contributed by atoms with E-state index in [1.165, 1.54) is 28.7 Å². The second kappa shape index (κ2) is 10.6. The topological polar surface area (TPSA) is 69.8 Å². The summed E-state index contributed by atoms with van der Waals surface area (Å²) in [4.78, 5) is 5.35. The molecule has 5 aromatic rings. The van der Waals surface area contributed by atoms with Crippen molar-refractivity contribution in [3.8, 4) is 28.3 Å². The second-order valence-electron chi connectivity index (χ2n) is 11.2. The van der Waals surface area contributed by atoms with Gasteiger partial charge < -0.3 is 14.6 Å². The molecule has 1 aliphatic heterocycles. The lowest BCUT2D eigenvalue weighted by atomic mass is 9.60. The second-order valence-corrected chi connectivity index (χ2v) is 11.2. The van der Waals surface area contributed by atoms with Crippen LogP contribution in [0.5, 0.6) is 5.75 Å². The van der Waals surface area contributed by atoms with Crippen LogP contribution in [0.15, 0.2) is 67.0 Å². The minimum absolute atomic E-state index is 0.136. The van der Waals surface area contributed by atoms with Crippen LogP contribution < -0.4 is 10.1 Å². The zero-order valence-electron chi connectivity index (χ0n) is 23.3. The Morgan fingerprint density at radius 3 is 2.70 bits per heavy atom. The van der Waals surface area contributed by atoms with Gasteiger partial charge in [-0.15, -0.1) is 0 Å². The van der Waals surface area contributed by atoms with Gasteiger partial charge in [0.2, 0.25) is 0 Å². The van der Waals surface area contributed by atoms with Gasteiger partial charge >= 0.3 is 0 Å². The van der Waals surface area contributed by atoms with Crippen molar-refractivity contribution < 1.29 is 4.74 Å². The van der Waals surface area contributed by atoms with Crippen molar-refractivity contribution in [2.24, 2.45) is 0 Å². The monoisotopic (exact) mass is 530 g/mol. The predicted molar refractivity (Wildman–Crippen MR) is 161 cm³/mol. The smallest absolute Gasteiger partial charge is 0.285 e. The van der Waals surface area contributed by atoms with Gasteiger partial charge in [-0.3, -0.25) is 4.68 Å². The molecule has 1 N–H and O–H groups in total. The van der Waals surface area contributed by atoms with Gasteiger partial charge in [-0.05, 0) is 62.6 Å². The van der Waals surface area contributed by atoms with Crippen LogP contribution in [0.4, 0.5) is 0 Å². The summed E-state index contributed by atoms with van der Waals surface area (Å²) in [5.41, 5.74) is 9.97. The summed E-state index contributed by atoms with van der Waals surface area (Å²) in [5, 5.41) is 13.5. The molecule has 40 heavy (non-hydrogen) atoms. The minimum Gasteiger partial charge on any atom is -0.494 e. The van der Waals surface area contributed by atoms with Gasteiger partial charge in [0.05, 0.1) is 24.9 Å². The number of benzene rings is 2. The lowest BCUT2D eigenvalue weighted by molar-refractivity contribution is 0.343. The molecule has 0 amide bonds. The molecule has 0 saturated carbocycles. The number of ether oxygens (including phenoxy) is 1. The van der Waals surface area contributed by atoms with Gasteiger partial charge in [-0.1, -0.05) is 60.9 Å². The highest BCUT2D eigenvalue weighted by Crippen LogP contribution is 2.39. The van der Waals surface area contributed by atoms with Gasteiger partial charge in [0.15, 0.2) is 0 Å². The van der Waals surface area contributed by atoms with Gasteiger partial charge in [-0.2, -0.15) is 10.2 Å². The lowest BCUT2D eigenvalue weighted by Gasteiger charge is -2.22. The fraction of sp³-hybridized carbons (Fsp3) is 0.344. The van der Waals surface area contributed by atoms with E-state index >= 15 is 0 Å². The Bertz CT molecular complexity index is 1650. The molecule has 1 aliphatic carbocycles. The first-order valence-electron chi connectivity index (χ1n) is 14.6. The van der Waals surface area contributed by atoms with E-state index in [1.54, 1.807) is 7.11 Å². The molecule has 1 fully saturated rings. The molecule has 0 bridgehead atoms. The molecule has 2 aliphatic rings. The van der Waals surface area contributed by atoms with Crippen molar-refractivity contribution in [3.63, 3.8) is 0 Å². The van der Waals surface area contributed by atoms with Crippen LogP contribution in [0.3, 0.4) is 0 Å². The molecule has 0 atom stereocenters. The molecular weight excluding hydrogens is 495 g/mol. The average molecular weight is 530 g/mol. The standard InChI is InChI=1S/C32H35BN6O/c1-33(19-22-8-4-3-5-9-22)39-28-18-29(40-2)31(27-13-7-11-23-10-6-12-26(23)27)36-32(28)30(37-39)24-20-35-38(21-24)25-14-16-34-17-15-25/h3-5,7-9,11,13,18,20-21,25,34H,6,10,12,14-17,19H2,1-2H3. The van der Waals surface area contributed by atoms with Crippen molar-refractivity contribution in [2.45, 2.75) is 51.3 Å². The number of aryl methyl sites for hydroxylation is 1. The third-order valence-electron chi connectivity index (χ3n) is 8.62. The van der Waals surface area contributed by atoms with E-state index in [2.05, 4.69) is 82.2 Å². The van der Waals surface area contributed by atoms with Crippen LogP contribution in [0.2, 0.25) is 6.82 Å². The molecule has 0 spiro atoms. The predicted octanol–water partition coefficient (Wildman–Crippen LogP) is 5.63. The lowest BCUT2D eigenvalue weighted by Crippen LogP contribution is -2.29. The van der Waals surface area contributed by atoms with Crippen molar-refractivity contribution in [1.82, 2.24) is 29.8 Å². The van der Waals surface area contributed by atoms with Crippen LogP contribution in [-0.4, -0.2) is 51.5 Å². The first-order valence-corrected chi connectivity index (χ1v) is 14.6. The van der Waals surface area contributed by atoms with Gasteiger partial charge in [0.25, 0.3) is 6.85 Å². The van der Waals surface area contributed by atoms with Crippen molar-refractivity contribution >= 4 is 17.9 Å². The van der Waals surface area contributed by atoms with Crippen LogP contribution in [0.25, 0.3) is 33.5 Å². The Kier molecular flexibility index (Phi) is 6.64. The summed E-state index contributed by atoms with van der Waals surface area (Å²) in [6.07, 6.45) is 10.6. The summed E-state index contributed by atoms with van der Waals surface area (Å²) < 4.78 is 10.3. The highest BCUT2D eigenvalue weighted by Gasteiger charge is 2.26. The van der Waals surface area contributed by atoms with Crippen LogP contribution in [-0.2, 0) is 19.2 Å². The maximum Gasteiger partial charge on any atom is 0.285 e. The molecule has 7 rings (SSSR count). The van der Waals surface area contributed by atoms with Crippen molar-refractivity contribution in [1.29, 1.82) is 0 Å². The van der Waals surface area contributed by atoms with Crippen LogP contribution >= 0.6 is 0 Å². The van der Waals surface area contributed by atoms with Crippen LogP contribution in [0, 0.1) is 0 Å². The number of hydrogen-bond acceptors (Lipinski definition) is 5. The molecule has 8 heteroatoms. The van der Waals surface area contributed by atoms with Gasteiger partial charge in [0.1, 0.15) is 22.7 Å². The fourth-order valence-electron chi connectivity index (χ4n) is 6.54. The number of piperidine rings is 1. The zero-order chi connectivity index (χ0) is 27.1. The molecular formula is C32H35BN6O. The Morgan fingerprint density at radius 2 is 1.88 bits per heavy atom. The minimum atomic E-state index is 0.136. The number of hydrogen-bond donors (Lipinski definition) is 1. The number of aromatic nitrogens is 5. The third-order valence-corrected chi connectivity index (χ3v) is 8.62. The summed E-state index contributed by atoms with van der Waals surface area (Å²) >= 11 is 0. The van der Waals surface area contributed by atoms with E-state index in [1.807, 2.05) is 6.20 Å². The quantitative estimate of drug-likeness (QED) is 0.276. The Labute approximate surface area is 235 Å². The number of nitrogens with one attached hydrogen (secondary N) is 1. The molecule has 4 heterocycles. The SMILES string of the molecule is COc1cc2c(nc1-c1cccc3c1CCC3)c(-c1cnn(C3CCNCC3)c1)nn2B(C)Cc1ccccc1. The van der Waals surface area contributed by atoms with E-state index in [9.17, 15) is 0 Å². The first-order chi connectivity index (χ1) is 19.7. The highest BCUT2D eigenvalue weighted by atomic mass is 16.5. The maximum absolute atomic E-state index is 5.99. The molecule has 3 aromatic heterocycles. The summed E-state index contributed by atoms with van der Waals surface area (Å²) in [7, 11) is 1.74. The molecule has 202 valence electrons. The van der Waals surface area contributed by atoms with E-state index < -0.39 is 0 Å². The molecule has 1 saturated heterocycles. The average Bonchev–Trinajstić information content (AvgIpc) is 3.76. The van der Waals surface area contributed by atoms with Gasteiger partial charge in [-0.25, -0.2) is 4.98 Å². The van der Waals surface area contributed by atoms with Gasteiger partial charge in [0, 0.05) is 23.4 Å². The number of methoxy groups -OCH3 is 1. The third kappa shape index (κ3) is 4.50. The number of nitrogens with zero attached hydrogens (tertiary/aromatic N) is 5. The summed E-state index contributed by atoms with van der Waals surface area (Å²) in [6, 6.07) is 19.8. The molecule has 7 nitrogen and oxygen atoms in total. The molecule has 0 radical (unpaired) electrons. The Balaban J connectivity index is 1.38. The largest absolute Gasteiger partial charge is 0.494 e.